The van der Waals surface area contributed by atoms with Gasteiger partial charge in [0.15, 0.2) is 0 Å². The van der Waals surface area contributed by atoms with E-state index in [-0.39, 0.29) is 11.1 Å². The lowest BCUT2D eigenvalue weighted by molar-refractivity contribution is 0.594. The standard InChI is InChI=1S/C27H17F2NS/c28-26-17-25(13-14-30-18-31)27(29)16-24(26)12-5-19-3-8-22(9-4-19)23-10-6-21(7-11-23)15-20-1-2-20/h3-4,6-11,16-17,20H,1-2,15H2. The van der Waals surface area contributed by atoms with Crippen LogP contribution in [0.3, 0.4) is 0 Å². The van der Waals surface area contributed by atoms with Crippen molar-refractivity contribution in [2.24, 2.45) is 10.9 Å². The zero-order valence-corrected chi connectivity index (χ0v) is 17.4. The number of thiocarbonyl (C=S) groups is 1. The maximum Gasteiger partial charge on any atom is 0.140 e. The highest BCUT2D eigenvalue weighted by molar-refractivity contribution is 7.78. The summed E-state index contributed by atoms with van der Waals surface area (Å²) in [5, 5.41) is 2.04. The van der Waals surface area contributed by atoms with Gasteiger partial charge in [-0.15, -0.1) is 4.99 Å². The van der Waals surface area contributed by atoms with Gasteiger partial charge in [0.1, 0.15) is 11.6 Å². The SMILES string of the molecule is Fc1cc(C#Cc2ccc(-c3ccc(CC4CC4)cc3)cc2)c(F)cc1C#CN=C=S. The van der Waals surface area contributed by atoms with E-state index in [1.54, 1.807) is 0 Å². The fourth-order valence-electron chi connectivity index (χ4n) is 3.22. The minimum Gasteiger partial charge on any atom is -0.206 e. The first kappa shape index (κ1) is 20.7. The van der Waals surface area contributed by atoms with Crippen LogP contribution < -0.4 is 0 Å². The van der Waals surface area contributed by atoms with Crippen LogP contribution >= 0.6 is 12.2 Å². The zero-order chi connectivity index (χ0) is 21.6. The number of aliphatic imine (C=N–C) groups is 1. The Hall–Kier alpha value is -3.56. The first-order chi connectivity index (χ1) is 15.1. The van der Waals surface area contributed by atoms with Gasteiger partial charge >= 0.3 is 0 Å². The van der Waals surface area contributed by atoms with E-state index in [1.165, 1.54) is 24.8 Å². The summed E-state index contributed by atoms with van der Waals surface area (Å²) >= 11 is 4.38. The Kier molecular flexibility index (Phi) is 6.34. The first-order valence-corrected chi connectivity index (χ1v) is 10.3. The van der Waals surface area contributed by atoms with Crippen molar-refractivity contribution in [2.75, 3.05) is 0 Å². The van der Waals surface area contributed by atoms with Gasteiger partial charge in [-0.25, -0.2) is 8.78 Å². The third-order valence-electron chi connectivity index (χ3n) is 5.08. The molecule has 1 saturated carbocycles. The lowest BCUT2D eigenvalue weighted by atomic mass is 10.0. The summed E-state index contributed by atoms with van der Waals surface area (Å²) < 4.78 is 28.3. The molecule has 0 N–H and O–H groups in total. The molecule has 0 amide bonds. The van der Waals surface area contributed by atoms with Gasteiger partial charge < -0.3 is 0 Å². The molecule has 3 aromatic carbocycles. The molecule has 0 bridgehead atoms. The van der Waals surface area contributed by atoms with Crippen LogP contribution in [0.5, 0.6) is 0 Å². The van der Waals surface area contributed by atoms with Crippen molar-refractivity contribution in [2.45, 2.75) is 19.3 Å². The highest BCUT2D eigenvalue weighted by Crippen LogP contribution is 2.33. The van der Waals surface area contributed by atoms with Crippen LogP contribution in [0.1, 0.15) is 35.1 Å². The third-order valence-corrected chi connectivity index (χ3v) is 5.18. The fraction of sp³-hybridized carbons (Fsp3) is 0.148. The minimum absolute atomic E-state index is 0.0308. The van der Waals surface area contributed by atoms with E-state index in [2.05, 4.69) is 65.3 Å². The molecule has 1 aliphatic carbocycles. The summed E-state index contributed by atoms with van der Waals surface area (Å²) in [4.78, 5) is 3.37. The van der Waals surface area contributed by atoms with Gasteiger partial charge in [-0.1, -0.05) is 48.2 Å². The van der Waals surface area contributed by atoms with Crippen molar-refractivity contribution in [3.63, 3.8) is 0 Å². The van der Waals surface area contributed by atoms with E-state index >= 15 is 0 Å². The van der Waals surface area contributed by atoms with E-state index in [0.29, 0.717) is 5.56 Å². The normalized spacial score (nSPS) is 12.1. The lowest BCUT2D eigenvalue weighted by Crippen LogP contribution is -1.91. The number of benzene rings is 3. The maximum atomic E-state index is 14.2. The second kappa shape index (κ2) is 9.50. The molecule has 4 rings (SSSR count). The van der Waals surface area contributed by atoms with Crippen LogP contribution in [0.2, 0.25) is 0 Å². The predicted molar refractivity (Wildman–Crippen MR) is 123 cm³/mol. The molecule has 0 spiro atoms. The van der Waals surface area contributed by atoms with E-state index < -0.39 is 11.6 Å². The van der Waals surface area contributed by atoms with Crippen molar-refractivity contribution in [1.29, 1.82) is 0 Å². The monoisotopic (exact) mass is 425 g/mol. The van der Waals surface area contributed by atoms with Crippen molar-refractivity contribution in [1.82, 2.24) is 0 Å². The van der Waals surface area contributed by atoms with Crippen LogP contribution in [0, 0.1) is 41.4 Å². The van der Waals surface area contributed by atoms with Crippen molar-refractivity contribution in [3.8, 4) is 34.9 Å². The second-order valence-corrected chi connectivity index (χ2v) is 7.61. The molecule has 0 aliphatic heterocycles. The van der Waals surface area contributed by atoms with Crippen LogP contribution in [0.4, 0.5) is 8.78 Å². The molecule has 31 heavy (non-hydrogen) atoms. The Balaban J connectivity index is 1.49. The topological polar surface area (TPSA) is 12.4 Å². The number of hydrogen-bond donors (Lipinski definition) is 0. The molecular formula is C27H17F2NS. The molecule has 3 aromatic rings. The number of isothiocyanates is 1. The minimum atomic E-state index is -0.668. The second-order valence-electron chi connectivity index (χ2n) is 7.42. The molecule has 1 aliphatic rings. The molecule has 0 radical (unpaired) electrons. The van der Waals surface area contributed by atoms with Gasteiger partial charge in [0.05, 0.1) is 22.3 Å². The maximum absolute atomic E-state index is 14.2. The average Bonchev–Trinajstić information content (AvgIpc) is 3.60. The van der Waals surface area contributed by atoms with Gasteiger partial charge in [-0.2, -0.15) is 0 Å². The predicted octanol–water partition coefficient (Wildman–Crippen LogP) is 6.40. The molecule has 0 saturated heterocycles. The number of rotatable bonds is 3. The van der Waals surface area contributed by atoms with Crippen molar-refractivity contribution >= 4 is 17.4 Å². The highest BCUT2D eigenvalue weighted by atomic mass is 32.1. The fourth-order valence-corrected chi connectivity index (χ4v) is 3.27. The quantitative estimate of drug-likeness (QED) is 0.269. The van der Waals surface area contributed by atoms with Crippen molar-refractivity contribution < 1.29 is 8.78 Å². The van der Waals surface area contributed by atoms with Crippen LogP contribution in [0.25, 0.3) is 11.1 Å². The van der Waals surface area contributed by atoms with Gasteiger partial charge in [0.2, 0.25) is 0 Å². The number of hydrogen-bond acceptors (Lipinski definition) is 2. The Labute approximate surface area is 185 Å². The molecule has 150 valence electrons. The zero-order valence-electron chi connectivity index (χ0n) is 16.6. The van der Waals surface area contributed by atoms with Crippen LogP contribution in [-0.2, 0) is 6.42 Å². The molecule has 1 fully saturated rings. The first-order valence-electron chi connectivity index (χ1n) is 9.91. The average molecular weight is 426 g/mol. The summed E-state index contributed by atoms with van der Waals surface area (Å²) in [5.41, 5.74) is 4.19. The lowest BCUT2D eigenvalue weighted by Gasteiger charge is -2.04. The third kappa shape index (κ3) is 5.53. The summed E-state index contributed by atoms with van der Waals surface area (Å²) in [6.07, 6.45) is 3.87. The largest absolute Gasteiger partial charge is 0.206 e. The summed E-state index contributed by atoms with van der Waals surface area (Å²) in [5.74, 6) is 7.51. The summed E-state index contributed by atoms with van der Waals surface area (Å²) in [6.45, 7) is 0. The van der Waals surface area contributed by atoms with Gasteiger partial charge in [0, 0.05) is 5.56 Å². The Bertz CT molecular complexity index is 1280. The van der Waals surface area contributed by atoms with E-state index in [9.17, 15) is 8.78 Å². The molecule has 0 aromatic heterocycles. The van der Waals surface area contributed by atoms with E-state index in [1.807, 2.05) is 29.4 Å². The smallest absolute Gasteiger partial charge is 0.140 e. The van der Waals surface area contributed by atoms with Gasteiger partial charge in [-0.3, -0.25) is 0 Å². The van der Waals surface area contributed by atoms with Crippen LogP contribution in [0.15, 0.2) is 65.7 Å². The molecule has 4 heteroatoms. The molecule has 0 heterocycles. The Morgan fingerprint density at radius 1 is 0.806 bits per heavy atom. The van der Waals surface area contributed by atoms with E-state index in [4.69, 9.17) is 0 Å². The van der Waals surface area contributed by atoms with Gasteiger partial charge in [0.25, 0.3) is 0 Å². The Morgan fingerprint density at radius 2 is 1.39 bits per heavy atom. The number of nitrogens with zero attached hydrogens (tertiary/aromatic N) is 1. The molecular weight excluding hydrogens is 408 g/mol. The summed E-state index contributed by atoms with van der Waals surface area (Å²) in [6, 6.07) is 20.6. The van der Waals surface area contributed by atoms with Crippen LogP contribution in [-0.4, -0.2) is 5.16 Å². The molecule has 0 unspecified atom stereocenters. The van der Waals surface area contributed by atoms with Gasteiger partial charge in [-0.05, 0) is 84.3 Å². The summed E-state index contributed by atoms with van der Waals surface area (Å²) in [7, 11) is 0. The highest BCUT2D eigenvalue weighted by Gasteiger charge is 2.21. The van der Waals surface area contributed by atoms with E-state index in [0.717, 1.165) is 29.2 Å². The Morgan fingerprint density at radius 3 is 1.97 bits per heavy atom. The molecule has 1 nitrogen and oxygen atoms in total. The molecule has 0 atom stereocenters. The van der Waals surface area contributed by atoms with Crippen molar-refractivity contribution in [3.05, 3.63) is 94.6 Å². The number of halogens is 2.